The van der Waals surface area contributed by atoms with Gasteiger partial charge in [-0.2, -0.15) is 0 Å². The molecule has 18 heavy (non-hydrogen) atoms. The zero-order chi connectivity index (χ0) is 12.7. The fourth-order valence-electron chi connectivity index (χ4n) is 2.63. The lowest BCUT2D eigenvalue weighted by molar-refractivity contribution is 0.369. The summed E-state index contributed by atoms with van der Waals surface area (Å²) in [6, 6.07) is 8.71. The molecule has 0 spiro atoms. The molecule has 0 saturated carbocycles. The Bertz CT molecular complexity index is 513. The van der Waals surface area contributed by atoms with Crippen LogP contribution in [0.25, 0.3) is 0 Å². The molecule has 0 radical (unpaired) electrons. The highest BCUT2D eigenvalue weighted by atomic mass is 15.6. The Morgan fingerprint density at radius 3 is 2.67 bits per heavy atom. The summed E-state index contributed by atoms with van der Waals surface area (Å²) in [5.41, 5.74) is 8.41. The zero-order valence-electron chi connectivity index (χ0n) is 11.0. The molecule has 2 aliphatic rings. The van der Waals surface area contributed by atoms with Crippen LogP contribution in [0, 0.1) is 6.92 Å². The van der Waals surface area contributed by atoms with Gasteiger partial charge in [-0.05, 0) is 31.9 Å². The average molecular weight is 241 g/mol. The third-order valence-corrected chi connectivity index (χ3v) is 3.74. The fraction of sp³-hybridized carbons (Fsp3) is 0.333. The minimum atomic E-state index is 1.07. The van der Waals surface area contributed by atoms with Crippen LogP contribution in [0.2, 0.25) is 0 Å². The Kier molecular flexibility index (Phi) is 2.54. The van der Waals surface area contributed by atoms with Gasteiger partial charge in [0.1, 0.15) is 5.82 Å². The van der Waals surface area contributed by atoms with Crippen molar-refractivity contribution in [2.75, 3.05) is 18.5 Å². The van der Waals surface area contributed by atoms with E-state index < -0.39 is 0 Å². The third-order valence-electron chi connectivity index (χ3n) is 3.74. The lowest BCUT2D eigenvalue weighted by Gasteiger charge is -2.30. The molecule has 0 aliphatic carbocycles. The highest BCUT2D eigenvalue weighted by molar-refractivity contribution is 5.57. The molecule has 0 fully saturated rings. The number of benzene rings is 1. The largest absolute Gasteiger partial charge is 0.327 e. The zero-order valence-corrected chi connectivity index (χ0v) is 11.0. The molecule has 3 rings (SSSR count). The molecule has 0 atom stereocenters. The van der Waals surface area contributed by atoms with Gasteiger partial charge in [0.15, 0.2) is 0 Å². The van der Waals surface area contributed by atoms with Gasteiger partial charge in [-0.15, -0.1) is 0 Å². The molecule has 2 aliphatic heterocycles. The van der Waals surface area contributed by atoms with Crippen molar-refractivity contribution in [2.24, 2.45) is 0 Å². The van der Waals surface area contributed by atoms with Gasteiger partial charge in [0.2, 0.25) is 0 Å². The van der Waals surface area contributed by atoms with Gasteiger partial charge in [0.05, 0.1) is 5.70 Å². The molecule has 0 bridgehead atoms. The third kappa shape index (κ3) is 1.67. The minimum Gasteiger partial charge on any atom is -0.327 e. The van der Waals surface area contributed by atoms with Crippen molar-refractivity contribution in [1.29, 1.82) is 0 Å². The van der Waals surface area contributed by atoms with Gasteiger partial charge in [-0.25, -0.2) is 0 Å². The maximum Gasteiger partial charge on any atom is 0.130 e. The van der Waals surface area contributed by atoms with Crippen LogP contribution in [-0.4, -0.2) is 18.6 Å². The molecule has 3 heteroatoms. The van der Waals surface area contributed by atoms with Crippen molar-refractivity contribution in [3.63, 3.8) is 0 Å². The van der Waals surface area contributed by atoms with Crippen molar-refractivity contribution in [2.45, 2.75) is 19.8 Å². The van der Waals surface area contributed by atoms with E-state index in [2.05, 4.69) is 48.1 Å². The summed E-state index contributed by atoms with van der Waals surface area (Å²) < 4.78 is 0. The Hall–Kier alpha value is -1.90. The normalized spacial score (nSPS) is 19.1. The molecule has 2 heterocycles. The van der Waals surface area contributed by atoms with Crippen LogP contribution in [0.3, 0.4) is 0 Å². The number of hydrogen-bond acceptors (Lipinski definition) is 3. The van der Waals surface area contributed by atoms with Crippen LogP contribution in [0.5, 0.6) is 0 Å². The van der Waals surface area contributed by atoms with E-state index in [4.69, 9.17) is 0 Å². The van der Waals surface area contributed by atoms with Gasteiger partial charge in [0.25, 0.3) is 0 Å². The summed E-state index contributed by atoms with van der Waals surface area (Å²) in [6.45, 7) is 7.33. The van der Waals surface area contributed by atoms with Crippen LogP contribution < -0.4 is 10.3 Å². The Labute approximate surface area is 108 Å². The first-order valence-electron chi connectivity index (χ1n) is 6.44. The van der Waals surface area contributed by atoms with Gasteiger partial charge < -0.3 is 4.90 Å². The number of nitrogens with zero attached hydrogens (tertiary/aromatic N) is 2. The smallest absolute Gasteiger partial charge is 0.130 e. The van der Waals surface area contributed by atoms with Crippen molar-refractivity contribution >= 4 is 5.69 Å². The van der Waals surface area contributed by atoms with E-state index in [1.807, 2.05) is 12.1 Å². The van der Waals surface area contributed by atoms with Crippen LogP contribution >= 0.6 is 0 Å². The van der Waals surface area contributed by atoms with E-state index in [1.54, 1.807) is 0 Å². The summed E-state index contributed by atoms with van der Waals surface area (Å²) in [5.74, 6) is 1.21. The van der Waals surface area contributed by atoms with Gasteiger partial charge >= 0.3 is 0 Å². The van der Waals surface area contributed by atoms with Crippen LogP contribution in [0.4, 0.5) is 5.69 Å². The first-order valence-corrected chi connectivity index (χ1v) is 6.44. The first kappa shape index (κ1) is 11.2. The maximum absolute atomic E-state index is 4.14. The number of rotatable bonds is 1. The van der Waals surface area contributed by atoms with E-state index in [0.717, 1.165) is 18.7 Å². The summed E-state index contributed by atoms with van der Waals surface area (Å²) in [6.07, 6.45) is 2.30. The average Bonchev–Trinajstić information content (AvgIpc) is 2.67. The highest BCUT2D eigenvalue weighted by Gasteiger charge is 2.29. The topological polar surface area (TPSA) is 18.5 Å². The second kappa shape index (κ2) is 4.09. The number of likely N-dealkylation sites (N-methyl/N-ethyl adjacent to an activating group) is 1. The molecule has 1 aromatic rings. The van der Waals surface area contributed by atoms with E-state index in [9.17, 15) is 0 Å². The summed E-state index contributed by atoms with van der Waals surface area (Å²) in [7, 11) is 2.02. The second-order valence-electron chi connectivity index (χ2n) is 5.04. The maximum atomic E-state index is 4.14. The minimum absolute atomic E-state index is 1.07. The molecular formula is C15H19N3. The summed E-state index contributed by atoms with van der Waals surface area (Å²) in [5, 5.41) is 2.01. The van der Waals surface area contributed by atoms with Gasteiger partial charge in [0, 0.05) is 24.9 Å². The predicted molar refractivity (Wildman–Crippen MR) is 74.8 cm³/mol. The number of hydrogen-bond donors (Lipinski definition) is 1. The molecule has 1 aromatic carbocycles. The SMILES string of the molecule is C=C1C2=C(NN1C)N(c1ccc(C)cc1)CCC2. The lowest BCUT2D eigenvalue weighted by Crippen LogP contribution is -2.36. The van der Waals surface area contributed by atoms with Gasteiger partial charge in [-0.1, -0.05) is 24.3 Å². The van der Waals surface area contributed by atoms with Crippen molar-refractivity contribution in [1.82, 2.24) is 10.4 Å². The van der Waals surface area contributed by atoms with E-state index in [-0.39, 0.29) is 0 Å². The number of aryl methyl sites for hydroxylation is 1. The summed E-state index contributed by atoms with van der Waals surface area (Å²) >= 11 is 0. The number of allylic oxidation sites excluding steroid dienone is 1. The number of nitrogens with one attached hydrogen (secondary N) is 1. The molecule has 0 aromatic heterocycles. The van der Waals surface area contributed by atoms with Crippen molar-refractivity contribution < 1.29 is 0 Å². The number of anilines is 1. The molecule has 3 nitrogen and oxygen atoms in total. The van der Waals surface area contributed by atoms with E-state index in [1.165, 1.54) is 29.1 Å². The van der Waals surface area contributed by atoms with Crippen LogP contribution in [0.1, 0.15) is 18.4 Å². The first-order chi connectivity index (χ1) is 8.66. The van der Waals surface area contributed by atoms with Crippen LogP contribution in [-0.2, 0) is 0 Å². The molecule has 0 saturated heterocycles. The molecule has 0 unspecified atom stereocenters. The van der Waals surface area contributed by atoms with E-state index in [0.29, 0.717) is 0 Å². The fourth-order valence-corrected chi connectivity index (χ4v) is 2.63. The van der Waals surface area contributed by atoms with Crippen LogP contribution in [0.15, 0.2) is 47.9 Å². The van der Waals surface area contributed by atoms with E-state index >= 15 is 0 Å². The number of hydrazine groups is 1. The molecule has 1 N–H and O–H groups in total. The monoisotopic (exact) mass is 241 g/mol. The second-order valence-corrected chi connectivity index (χ2v) is 5.04. The van der Waals surface area contributed by atoms with Crippen molar-refractivity contribution in [3.8, 4) is 0 Å². The summed E-state index contributed by atoms with van der Waals surface area (Å²) in [4.78, 5) is 2.35. The standard InChI is InChI=1S/C15H19N3/c1-11-6-8-13(9-7-11)18-10-4-5-14-12(2)17(3)16-15(14)18/h6-9,16H,2,4-5,10H2,1,3H3. The Morgan fingerprint density at radius 1 is 1.22 bits per heavy atom. The highest BCUT2D eigenvalue weighted by Crippen LogP contribution is 2.34. The van der Waals surface area contributed by atoms with Gasteiger partial charge in [-0.3, -0.25) is 10.4 Å². The molecule has 94 valence electrons. The lowest BCUT2D eigenvalue weighted by atomic mass is 10.0. The quantitative estimate of drug-likeness (QED) is 0.815. The Balaban J connectivity index is 1.98. The molecular weight excluding hydrogens is 222 g/mol. The Morgan fingerprint density at radius 2 is 1.94 bits per heavy atom. The predicted octanol–water partition coefficient (Wildman–Crippen LogP) is 2.77. The molecule has 0 amide bonds. The van der Waals surface area contributed by atoms with Crippen molar-refractivity contribution in [3.05, 3.63) is 53.5 Å².